The maximum atomic E-state index is 11.1. The second-order valence-corrected chi connectivity index (χ2v) is 9.35. The maximum absolute atomic E-state index is 11.1. The Labute approximate surface area is 192 Å². The van der Waals surface area contributed by atoms with Gasteiger partial charge in [-0.1, -0.05) is 23.9 Å². The maximum Gasteiger partial charge on any atom is 0.333 e. The summed E-state index contributed by atoms with van der Waals surface area (Å²) in [6.45, 7) is -0.580. The number of thioether (sulfide) groups is 1. The Kier molecular flexibility index (Phi) is 6.71. The molecule has 0 saturated carbocycles. The molecule has 15 heteroatoms. The molecule has 1 saturated heterocycles. The molecule has 1 aromatic carbocycles. The lowest BCUT2D eigenvalue weighted by Gasteiger charge is -2.15. The van der Waals surface area contributed by atoms with Gasteiger partial charge < -0.3 is 25.4 Å². The predicted molar refractivity (Wildman–Crippen MR) is 117 cm³/mol. The highest BCUT2D eigenvalue weighted by atomic mass is 32.2. The van der Waals surface area contributed by atoms with Gasteiger partial charge >= 0.3 is 10.3 Å². The smallest absolute Gasteiger partial charge is 0.333 e. The lowest BCUT2D eigenvalue weighted by molar-refractivity contribution is -0.0531. The number of rotatable bonds is 8. The number of nitrogens with two attached hydrogens (primary N) is 2. The van der Waals surface area contributed by atoms with Crippen molar-refractivity contribution in [1.82, 2.24) is 19.7 Å². The van der Waals surface area contributed by atoms with Crippen molar-refractivity contribution in [1.29, 1.82) is 0 Å². The molecule has 1 aliphatic rings. The van der Waals surface area contributed by atoms with Crippen molar-refractivity contribution in [2.45, 2.75) is 35.3 Å². The van der Waals surface area contributed by atoms with E-state index in [1.54, 1.807) is 7.11 Å². The summed E-state index contributed by atoms with van der Waals surface area (Å²) >= 11 is 1.37. The summed E-state index contributed by atoms with van der Waals surface area (Å²) < 4.78 is 38.7. The molecular formula is C18H22N6O7S2. The van der Waals surface area contributed by atoms with Gasteiger partial charge in [-0.3, -0.25) is 4.18 Å². The molecule has 4 atom stereocenters. The highest BCUT2D eigenvalue weighted by Gasteiger charge is 2.45. The van der Waals surface area contributed by atoms with Crippen LogP contribution < -0.4 is 15.6 Å². The molecule has 0 aliphatic carbocycles. The van der Waals surface area contributed by atoms with Crippen LogP contribution in [0.25, 0.3) is 11.0 Å². The van der Waals surface area contributed by atoms with Crippen LogP contribution in [0.5, 0.6) is 5.75 Å². The van der Waals surface area contributed by atoms with Gasteiger partial charge in [-0.05, 0) is 17.7 Å². The van der Waals surface area contributed by atoms with Crippen molar-refractivity contribution < 1.29 is 32.3 Å². The number of nitrogens with zero attached hydrogens (tertiary/aromatic N) is 4. The van der Waals surface area contributed by atoms with E-state index in [2.05, 4.69) is 19.2 Å². The summed E-state index contributed by atoms with van der Waals surface area (Å²) in [6, 6.07) is 7.53. The molecule has 0 spiro atoms. The van der Waals surface area contributed by atoms with Crippen molar-refractivity contribution in [3.8, 4) is 5.75 Å². The van der Waals surface area contributed by atoms with E-state index in [0.717, 1.165) is 11.3 Å². The molecule has 33 heavy (non-hydrogen) atoms. The van der Waals surface area contributed by atoms with Crippen molar-refractivity contribution in [3.63, 3.8) is 0 Å². The van der Waals surface area contributed by atoms with Gasteiger partial charge in [-0.25, -0.2) is 19.8 Å². The van der Waals surface area contributed by atoms with Gasteiger partial charge in [0.2, 0.25) is 0 Å². The number of aliphatic hydroxyl groups excluding tert-OH is 2. The molecule has 4 rings (SSSR count). The molecule has 6 N–H and O–H groups in total. The van der Waals surface area contributed by atoms with E-state index in [1.807, 2.05) is 24.3 Å². The number of ether oxygens (including phenoxy) is 2. The van der Waals surface area contributed by atoms with Crippen molar-refractivity contribution in [2.24, 2.45) is 5.14 Å². The van der Waals surface area contributed by atoms with Crippen LogP contribution in [-0.2, 0) is 25.0 Å². The van der Waals surface area contributed by atoms with E-state index in [-0.39, 0.29) is 11.5 Å². The van der Waals surface area contributed by atoms with E-state index in [4.69, 9.17) is 20.3 Å². The first-order valence-electron chi connectivity index (χ1n) is 9.61. The van der Waals surface area contributed by atoms with Crippen LogP contribution in [0.15, 0.2) is 35.6 Å². The fourth-order valence-electron chi connectivity index (χ4n) is 3.35. The van der Waals surface area contributed by atoms with E-state index in [9.17, 15) is 18.6 Å². The zero-order valence-electron chi connectivity index (χ0n) is 17.3. The van der Waals surface area contributed by atoms with Gasteiger partial charge in [0.25, 0.3) is 0 Å². The second-order valence-electron chi connectivity index (χ2n) is 7.17. The first-order valence-corrected chi connectivity index (χ1v) is 12.1. The van der Waals surface area contributed by atoms with Crippen LogP contribution in [0, 0.1) is 0 Å². The fourth-order valence-corrected chi connectivity index (χ4v) is 4.65. The predicted octanol–water partition coefficient (Wildman–Crippen LogP) is -0.451. The normalized spacial score (nSPS) is 23.3. The minimum atomic E-state index is -4.25. The molecule has 13 nitrogen and oxygen atoms in total. The number of nitrogen functional groups attached to an aromatic ring is 1. The zero-order valence-corrected chi connectivity index (χ0v) is 18.9. The number of aromatic nitrogens is 4. The largest absolute Gasteiger partial charge is 0.497 e. The molecule has 0 bridgehead atoms. The minimum Gasteiger partial charge on any atom is -0.497 e. The minimum absolute atomic E-state index is 0.186. The van der Waals surface area contributed by atoms with Crippen LogP contribution in [-0.4, -0.2) is 70.4 Å². The highest BCUT2D eigenvalue weighted by molar-refractivity contribution is 7.98. The van der Waals surface area contributed by atoms with Gasteiger partial charge in [-0.15, -0.1) is 0 Å². The zero-order chi connectivity index (χ0) is 23.8. The molecule has 2 aromatic heterocycles. The molecule has 0 amide bonds. The second kappa shape index (κ2) is 9.38. The van der Waals surface area contributed by atoms with Crippen LogP contribution >= 0.6 is 11.8 Å². The van der Waals surface area contributed by atoms with E-state index in [1.165, 1.54) is 22.8 Å². The van der Waals surface area contributed by atoms with Crippen molar-refractivity contribution in [3.05, 3.63) is 36.2 Å². The molecule has 0 radical (unpaired) electrons. The van der Waals surface area contributed by atoms with Gasteiger partial charge in [0.15, 0.2) is 11.9 Å². The van der Waals surface area contributed by atoms with Crippen molar-refractivity contribution in [2.75, 3.05) is 19.5 Å². The first kappa shape index (κ1) is 23.6. The molecule has 178 valence electrons. The summed E-state index contributed by atoms with van der Waals surface area (Å²) in [5.74, 6) is 1.47. The molecule has 0 unspecified atom stereocenters. The van der Waals surface area contributed by atoms with Crippen LogP contribution in [0.1, 0.15) is 11.8 Å². The third-order valence-corrected chi connectivity index (χ3v) is 6.50. The number of benzene rings is 1. The number of hydrogen-bond acceptors (Lipinski definition) is 12. The number of methoxy groups -OCH3 is 1. The Morgan fingerprint density at radius 1 is 1.21 bits per heavy atom. The van der Waals surface area contributed by atoms with Gasteiger partial charge in [-0.2, -0.15) is 13.5 Å². The first-order chi connectivity index (χ1) is 15.7. The van der Waals surface area contributed by atoms with Gasteiger partial charge in [0, 0.05) is 5.75 Å². The molecular weight excluding hydrogens is 476 g/mol. The Morgan fingerprint density at radius 2 is 1.94 bits per heavy atom. The fraction of sp³-hybridized carbons (Fsp3) is 0.389. The average Bonchev–Trinajstić information content (AvgIpc) is 3.29. The highest BCUT2D eigenvalue weighted by Crippen LogP contribution is 2.37. The molecule has 3 heterocycles. The van der Waals surface area contributed by atoms with E-state index < -0.39 is 41.5 Å². The van der Waals surface area contributed by atoms with Gasteiger partial charge in [0.05, 0.1) is 19.1 Å². The number of hydrogen-bond donors (Lipinski definition) is 4. The molecule has 3 aromatic rings. The number of fused-ring (bicyclic) bond motifs is 1. The lowest BCUT2D eigenvalue weighted by atomic mass is 10.1. The van der Waals surface area contributed by atoms with Gasteiger partial charge in [0.1, 0.15) is 41.2 Å². The Bertz CT molecular complexity index is 1240. The Morgan fingerprint density at radius 3 is 2.61 bits per heavy atom. The molecule has 1 aliphatic heterocycles. The van der Waals surface area contributed by atoms with Crippen LogP contribution in [0.4, 0.5) is 5.82 Å². The topological polar surface area (TPSA) is 198 Å². The monoisotopic (exact) mass is 498 g/mol. The summed E-state index contributed by atoms with van der Waals surface area (Å²) in [7, 11) is -2.66. The average molecular weight is 499 g/mol. The Balaban J connectivity index is 1.61. The van der Waals surface area contributed by atoms with Crippen molar-refractivity contribution >= 4 is 38.9 Å². The SMILES string of the molecule is COc1ccc(CSc2nn([C@@H]3O[C@H](COS(N)(=O)=O)[C@@H](O)[C@H]3O)c3ncnc(N)c23)cc1. The lowest BCUT2D eigenvalue weighted by Crippen LogP contribution is -2.35. The number of aliphatic hydroxyl groups is 2. The summed E-state index contributed by atoms with van der Waals surface area (Å²) in [6.07, 6.45) is -4.01. The summed E-state index contributed by atoms with van der Waals surface area (Å²) in [4.78, 5) is 8.24. The number of anilines is 1. The Hall–Kier alpha value is -2.53. The third-order valence-electron chi connectivity index (χ3n) is 5.00. The summed E-state index contributed by atoms with van der Waals surface area (Å²) in [5.41, 5.74) is 7.36. The standard InChI is InChI=1S/C18H22N6O7S2/c1-29-10-4-2-9(3-5-10)7-32-17-12-15(19)21-8-22-16(12)24(23-17)18-14(26)13(25)11(31-18)6-30-33(20,27)28/h2-5,8,11,13-14,18,25-26H,6-7H2,1H3,(H2,19,21,22)(H2,20,27,28)/t11-,13-,14-,18-/m1/s1. The van der Waals surface area contributed by atoms with Crippen LogP contribution in [0.3, 0.4) is 0 Å². The summed E-state index contributed by atoms with van der Waals surface area (Å²) in [5, 5.41) is 31.1. The quantitative estimate of drug-likeness (QED) is 0.292. The molecule has 1 fully saturated rings. The van der Waals surface area contributed by atoms with E-state index >= 15 is 0 Å². The third kappa shape index (κ3) is 5.03. The van der Waals surface area contributed by atoms with Crippen LogP contribution in [0.2, 0.25) is 0 Å². The van der Waals surface area contributed by atoms with E-state index in [0.29, 0.717) is 16.2 Å².